The second-order valence-corrected chi connectivity index (χ2v) is 4.77. The van der Waals surface area contributed by atoms with Gasteiger partial charge in [-0.25, -0.2) is 4.98 Å². The maximum atomic E-state index is 6.01. The van der Waals surface area contributed by atoms with E-state index in [1.165, 1.54) is 5.56 Å². The van der Waals surface area contributed by atoms with Gasteiger partial charge >= 0.3 is 0 Å². The number of hydrogen-bond donors (Lipinski definition) is 1. The smallest absolute Gasteiger partial charge is 0.152 e. The highest BCUT2D eigenvalue weighted by atomic mass is 35.5. The molecule has 0 amide bonds. The van der Waals surface area contributed by atoms with E-state index >= 15 is 0 Å². The minimum absolute atomic E-state index is 0.368. The minimum Gasteiger partial charge on any atom is -0.380 e. The first-order valence-corrected chi connectivity index (χ1v) is 6.54. The monoisotopic (exact) mass is 260 g/mol. The van der Waals surface area contributed by atoms with Crippen LogP contribution in [-0.2, 0) is 6.42 Å². The van der Waals surface area contributed by atoms with E-state index in [4.69, 9.17) is 11.6 Å². The highest BCUT2D eigenvalue weighted by molar-refractivity contribution is 6.31. The van der Waals surface area contributed by atoms with E-state index < -0.39 is 0 Å². The molecule has 1 atom stereocenters. The Morgan fingerprint density at radius 3 is 2.67 bits per heavy atom. The molecule has 0 aliphatic carbocycles. The number of benzene rings is 1. The van der Waals surface area contributed by atoms with Crippen LogP contribution in [0.4, 0.5) is 5.69 Å². The molecule has 1 aromatic heterocycles. The summed E-state index contributed by atoms with van der Waals surface area (Å²) in [5.74, 6) is 0. The zero-order valence-corrected chi connectivity index (χ0v) is 11.2. The second kappa shape index (κ2) is 6.41. The number of pyridine rings is 1. The van der Waals surface area contributed by atoms with Crippen molar-refractivity contribution in [1.29, 1.82) is 0 Å². The molecule has 2 nitrogen and oxygen atoms in total. The fourth-order valence-electron chi connectivity index (χ4n) is 1.86. The summed E-state index contributed by atoms with van der Waals surface area (Å²) in [5.41, 5.74) is 2.27. The lowest BCUT2D eigenvalue weighted by molar-refractivity contribution is 0.706. The SMILES string of the molecule is CC(CCc1ccccc1)Nc1cccnc1Cl. The molecule has 0 aliphatic heterocycles. The molecule has 0 saturated heterocycles. The molecule has 0 radical (unpaired) electrons. The third-order valence-electron chi connectivity index (χ3n) is 2.87. The van der Waals surface area contributed by atoms with Crippen molar-refractivity contribution in [2.75, 3.05) is 5.32 Å². The first kappa shape index (κ1) is 12.9. The molecule has 1 N–H and O–H groups in total. The Balaban J connectivity index is 1.86. The van der Waals surface area contributed by atoms with E-state index in [0.717, 1.165) is 18.5 Å². The van der Waals surface area contributed by atoms with Crippen molar-refractivity contribution in [3.63, 3.8) is 0 Å². The number of rotatable bonds is 5. The van der Waals surface area contributed by atoms with Crippen LogP contribution >= 0.6 is 11.6 Å². The fourth-order valence-corrected chi connectivity index (χ4v) is 2.03. The Bertz CT molecular complexity index is 485. The summed E-state index contributed by atoms with van der Waals surface area (Å²) in [6.07, 6.45) is 3.82. The lowest BCUT2D eigenvalue weighted by atomic mass is 10.1. The van der Waals surface area contributed by atoms with Gasteiger partial charge in [0, 0.05) is 12.2 Å². The number of halogens is 1. The molecule has 2 rings (SSSR count). The minimum atomic E-state index is 0.368. The summed E-state index contributed by atoms with van der Waals surface area (Å²) in [7, 11) is 0. The average Bonchev–Trinajstić information content (AvgIpc) is 2.40. The molecule has 0 aliphatic rings. The van der Waals surface area contributed by atoms with Gasteiger partial charge in [0.25, 0.3) is 0 Å². The van der Waals surface area contributed by atoms with Crippen molar-refractivity contribution in [2.24, 2.45) is 0 Å². The van der Waals surface area contributed by atoms with Crippen LogP contribution in [0.1, 0.15) is 18.9 Å². The highest BCUT2D eigenvalue weighted by Gasteiger charge is 2.05. The summed E-state index contributed by atoms with van der Waals surface area (Å²) in [4.78, 5) is 4.05. The molecule has 1 aromatic carbocycles. The van der Waals surface area contributed by atoms with E-state index in [2.05, 4.69) is 41.5 Å². The molecule has 18 heavy (non-hydrogen) atoms. The van der Waals surface area contributed by atoms with Crippen LogP contribution in [0, 0.1) is 0 Å². The van der Waals surface area contributed by atoms with E-state index in [9.17, 15) is 0 Å². The van der Waals surface area contributed by atoms with Gasteiger partial charge in [-0.05, 0) is 37.5 Å². The molecule has 3 heteroatoms. The maximum Gasteiger partial charge on any atom is 0.152 e. The van der Waals surface area contributed by atoms with Gasteiger partial charge in [0.15, 0.2) is 5.15 Å². The van der Waals surface area contributed by atoms with E-state index in [-0.39, 0.29) is 0 Å². The van der Waals surface area contributed by atoms with Crippen molar-refractivity contribution in [2.45, 2.75) is 25.8 Å². The number of hydrogen-bond acceptors (Lipinski definition) is 2. The van der Waals surface area contributed by atoms with Gasteiger partial charge in [0.1, 0.15) is 0 Å². The third-order valence-corrected chi connectivity index (χ3v) is 3.17. The lowest BCUT2D eigenvalue weighted by Crippen LogP contribution is -2.16. The Kier molecular flexibility index (Phi) is 4.59. The fraction of sp³-hybridized carbons (Fsp3) is 0.267. The molecule has 1 unspecified atom stereocenters. The van der Waals surface area contributed by atoms with Gasteiger partial charge in [-0.15, -0.1) is 0 Å². The van der Waals surface area contributed by atoms with Crippen LogP contribution in [0.3, 0.4) is 0 Å². The van der Waals surface area contributed by atoms with Crippen LogP contribution in [0.5, 0.6) is 0 Å². The first-order chi connectivity index (χ1) is 8.75. The number of nitrogens with one attached hydrogen (secondary N) is 1. The number of aromatic nitrogens is 1. The van der Waals surface area contributed by atoms with Gasteiger partial charge in [-0.2, -0.15) is 0 Å². The summed E-state index contributed by atoms with van der Waals surface area (Å²) in [6, 6.07) is 14.7. The quantitative estimate of drug-likeness (QED) is 0.817. The van der Waals surface area contributed by atoms with Crippen molar-refractivity contribution in [3.8, 4) is 0 Å². The highest BCUT2D eigenvalue weighted by Crippen LogP contribution is 2.19. The molecule has 0 saturated carbocycles. The van der Waals surface area contributed by atoms with Crippen molar-refractivity contribution >= 4 is 17.3 Å². The summed E-state index contributed by atoms with van der Waals surface area (Å²) in [5, 5.41) is 3.92. The van der Waals surface area contributed by atoms with Crippen LogP contribution in [0.2, 0.25) is 5.15 Å². The van der Waals surface area contributed by atoms with Crippen LogP contribution in [0.15, 0.2) is 48.7 Å². The normalized spacial score (nSPS) is 12.1. The standard InChI is InChI=1S/C15H17ClN2/c1-12(9-10-13-6-3-2-4-7-13)18-14-8-5-11-17-15(14)16/h2-8,11-12,18H,9-10H2,1H3. The number of nitrogens with zero attached hydrogens (tertiary/aromatic N) is 1. The maximum absolute atomic E-state index is 6.01. The Labute approximate surface area is 113 Å². The largest absolute Gasteiger partial charge is 0.380 e. The Morgan fingerprint density at radius 2 is 1.94 bits per heavy atom. The van der Waals surface area contributed by atoms with Crippen molar-refractivity contribution < 1.29 is 0 Å². The second-order valence-electron chi connectivity index (χ2n) is 4.41. The molecule has 2 aromatic rings. The molecule has 94 valence electrons. The number of aryl methyl sites for hydroxylation is 1. The zero-order chi connectivity index (χ0) is 12.8. The van der Waals surface area contributed by atoms with E-state index in [0.29, 0.717) is 11.2 Å². The Morgan fingerprint density at radius 1 is 1.17 bits per heavy atom. The summed E-state index contributed by atoms with van der Waals surface area (Å²) >= 11 is 6.01. The van der Waals surface area contributed by atoms with Crippen LogP contribution < -0.4 is 5.32 Å². The number of anilines is 1. The molecule has 0 fully saturated rings. The van der Waals surface area contributed by atoms with E-state index in [1.54, 1.807) is 6.20 Å². The van der Waals surface area contributed by atoms with Crippen LogP contribution in [0.25, 0.3) is 0 Å². The zero-order valence-electron chi connectivity index (χ0n) is 10.4. The van der Waals surface area contributed by atoms with Gasteiger partial charge in [0.05, 0.1) is 5.69 Å². The lowest BCUT2D eigenvalue weighted by Gasteiger charge is -2.15. The van der Waals surface area contributed by atoms with Gasteiger partial charge < -0.3 is 5.32 Å². The van der Waals surface area contributed by atoms with Crippen molar-refractivity contribution in [3.05, 3.63) is 59.4 Å². The average molecular weight is 261 g/mol. The van der Waals surface area contributed by atoms with Gasteiger partial charge in [0.2, 0.25) is 0 Å². The topological polar surface area (TPSA) is 24.9 Å². The predicted octanol–water partition coefficient (Wildman–Crippen LogP) is 4.17. The summed E-state index contributed by atoms with van der Waals surface area (Å²) in [6.45, 7) is 2.16. The molecular weight excluding hydrogens is 244 g/mol. The molecule has 0 spiro atoms. The van der Waals surface area contributed by atoms with Gasteiger partial charge in [-0.1, -0.05) is 41.9 Å². The molecular formula is C15H17ClN2. The first-order valence-electron chi connectivity index (χ1n) is 6.16. The van der Waals surface area contributed by atoms with E-state index in [1.807, 2.05) is 18.2 Å². The Hall–Kier alpha value is -1.54. The predicted molar refractivity (Wildman–Crippen MR) is 77.1 cm³/mol. The third kappa shape index (κ3) is 3.74. The van der Waals surface area contributed by atoms with Crippen molar-refractivity contribution in [1.82, 2.24) is 4.98 Å². The summed E-state index contributed by atoms with van der Waals surface area (Å²) < 4.78 is 0. The van der Waals surface area contributed by atoms with Gasteiger partial charge in [-0.3, -0.25) is 0 Å². The molecule has 0 bridgehead atoms. The molecule has 1 heterocycles. The van der Waals surface area contributed by atoms with Crippen LogP contribution in [-0.4, -0.2) is 11.0 Å².